The van der Waals surface area contributed by atoms with E-state index in [1.807, 2.05) is 60.7 Å². The fraction of sp³-hybridized carbons (Fsp3) is 0.400. The van der Waals surface area contributed by atoms with Crippen LogP contribution in [0.25, 0.3) is 0 Å². The van der Waals surface area contributed by atoms with E-state index in [0.29, 0.717) is 12.8 Å². The van der Waals surface area contributed by atoms with Gasteiger partial charge in [-0.1, -0.05) is 48.5 Å². The number of rotatable bonds is 7. The fourth-order valence-corrected chi connectivity index (χ4v) is 4.84. The van der Waals surface area contributed by atoms with Gasteiger partial charge in [-0.15, -0.1) is 0 Å². The summed E-state index contributed by atoms with van der Waals surface area (Å²) < 4.78 is 5.26. The van der Waals surface area contributed by atoms with Crippen LogP contribution in [0.5, 0.6) is 0 Å². The van der Waals surface area contributed by atoms with E-state index >= 15 is 0 Å². The number of hydrogen-bond donors (Lipinski definition) is 2. The summed E-state index contributed by atoms with van der Waals surface area (Å²) in [6.45, 7) is 3.30. The molecule has 0 radical (unpaired) electrons. The topological polar surface area (TPSA) is 87.7 Å². The minimum absolute atomic E-state index is 0.103. The number of para-hydroxylation sites is 1. The smallest absolute Gasteiger partial charge is 0.408 e. The van der Waals surface area contributed by atoms with Crippen molar-refractivity contribution in [3.63, 3.8) is 0 Å². The second kappa shape index (κ2) is 10.7. The van der Waals surface area contributed by atoms with Gasteiger partial charge >= 0.3 is 6.09 Å². The SMILES string of the molecule is CN(C(=O)C1(NC(=O)C(C)(C)NC(=O)OCc2ccccc2)CCSCC1)c1ccccc1. The third-order valence-corrected chi connectivity index (χ3v) is 6.74. The Bertz CT molecular complexity index is 960. The second-order valence-corrected chi connectivity index (χ2v) is 9.88. The van der Waals surface area contributed by atoms with E-state index in [4.69, 9.17) is 4.74 Å². The van der Waals surface area contributed by atoms with Crippen LogP contribution in [0.3, 0.4) is 0 Å². The monoisotopic (exact) mass is 469 g/mol. The molecule has 0 saturated carbocycles. The number of nitrogens with zero attached hydrogens (tertiary/aromatic N) is 1. The standard InChI is InChI=1S/C25H31N3O4S/c1-24(2,27-23(31)32-18-19-10-6-4-7-11-19)21(29)26-25(14-16-33-17-15-25)22(30)28(3)20-12-8-5-9-13-20/h4-13H,14-18H2,1-3H3,(H,26,29)(H,27,31). The molecule has 1 saturated heterocycles. The number of likely N-dealkylation sites (N-methyl/N-ethyl adjacent to an activating group) is 1. The Morgan fingerprint density at radius 1 is 1.00 bits per heavy atom. The molecular formula is C25H31N3O4S. The highest BCUT2D eigenvalue weighted by atomic mass is 32.2. The van der Waals surface area contributed by atoms with E-state index in [-0.39, 0.29) is 12.5 Å². The third-order valence-electron chi connectivity index (χ3n) is 5.75. The molecule has 3 rings (SSSR count). The first-order valence-corrected chi connectivity index (χ1v) is 12.1. The van der Waals surface area contributed by atoms with Crippen molar-refractivity contribution in [2.45, 2.75) is 44.4 Å². The number of anilines is 1. The van der Waals surface area contributed by atoms with Crippen molar-refractivity contribution in [2.24, 2.45) is 0 Å². The van der Waals surface area contributed by atoms with Crippen LogP contribution in [-0.4, -0.2) is 47.5 Å². The Morgan fingerprint density at radius 3 is 2.18 bits per heavy atom. The first-order chi connectivity index (χ1) is 15.7. The molecule has 7 nitrogen and oxygen atoms in total. The van der Waals surface area contributed by atoms with E-state index in [0.717, 1.165) is 22.8 Å². The van der Waals surface area contributed by atoms with Gasteiger partial charge < -0.3 is 20.3 Å². The lowest BCUT2D eigenvalue weighted by Gasteiger charge is -2.41. The van der Waals surface area contributed by atoms with Gasteiger partial charge in [0.25, 0.3) is 5.91 Å². The van der Waals surface area contributed by atoms with E-state index in [1.54, 1.807) is 37.6 Å². The van der Waals surface area contributed by atoms with E-state index in [2.05, 4.69) is 10.6 Å². The Hall–Kier alpha value is -3.00. The molecule has 1 aliphatic heterocycles. The summed E-state index contributed by atoms with van der Waals surface area (Å²) in [5.41, 5.74) is -0.684. The molecule has 2 aromatic carbocycles. The van der Waals surface area contributed by atoms with Gasteiger partial charge in [-0.25, -0.2) is 4.79 Å². The molecule has 1 heterocycles. The van der Waals surface area contributed by atoms with Gasteiger partial charge in [-0.05, 0) is 55.9 Å². The van der Waals surface area contributed by atoms with Gasteiger partial charge in [0.1, 0.15) is 17.7 Å². The van der Waals surface area contributed by atoms with Crippen molar-refractivity contribution in [3.05, 3.63) is 66.2 Å². The molecule has 0 atom stereocenters. The van der Waals surface area contributed by atoms with Crippen LogP contribution in [0.4, 0.5) is 10.5 Å². The Kier molecular flexibility index (Phi) is 8.02. The molecule has 0 bridgehead atoms. The molecule has 3 amide bonds. The maximum absolute atomic E-state index is 13.6. The molecule has 176 valence electrons. The average Bonchev–Trinajstić information content (AvgIpc) is 2.83. The van der Waals surface area contributed by atoms with E-state index in [1.165, 1.54) is 0 Å². The molecular weight excluding hydrogens is 438 g/mol. The lowest BCUT2D eigenvalue weighted by molar-refractivity contribution is -0.135. The molecule has 0 spiro atoms. The molecule has 2 aromatic rings. The Labute approximate surface area is 199 Å². The zero-order chi connectivity index (χ0) is 23.9. The lowest BCUT2D eigenvalue weighted by atomic mass is 9.88. The number of benzene rings is 2. The minimum Gasteiger partial charge on any atom is -0.445 e. The molecule has 2 N–H and O–H groups in total. The molecule has 1 fully saturated rings. The number of carbonyl (C=O) groups excluding carboxylic acids is 3. The van der Waals surface area contributed by atoms with Crippen molar-refractivity contribution < 1.29 is 19.1 Å². The highest BCUT2D eigenvalue weighted by molar-refractivity contribution is 7.99. The lowest BCUT2D eigenvalue weighted by Crippen LogP contribution is -2.66. The predicted octanol–water partition coefficient (Wildman–Crippen LogP) is 3.74. The minimum atomic E-state index is -1.27. The normalized spacial score (nSPS) is 15.2. The highest BCUT2D eigenvalue weighted by Crippen LogP contribution is 2.31. The van der Waals surface area contributed by atoms with Gasteiger partial charge in [-0.2, -0.15) is 11.8 Å². The molecule has 1 aliphatic rings. The molecule has 0 aromatic heterocycles. The Morgan fingerprint density at radius 2 is 1.58 bits per heavy atom. The maximum atomic E-state index is 13.6. The van der Waals surface area contributed by atoms with Crippen molar-refractivity contribution >= 4 is 35.4 Å². The van der Waals surface area contributed by atoms with Gasteiger partial charge in [0.15, 0.2) is 0 Å². The van der Waals surface area contributed by atoms with Crippen molar-refractivity contribution in [2.75, 3.05) is 23.5 Å². The number of alkyl carbamates (subject to hydrolysis) is 1. The zero-order valence-electron chi connectivity index (χ0n) is 19.3. The largest absolute Gasteiger partial charge is 0.445 e. The number of amides is 3. The second-order valence-electron chi connectivity index (χ2n) is 8.66. The van der Waals surface area contributed by atoms with Crippen molar-refractivity contribution in [1.29, 1.82) is 0 Å². The average molecular weight is 470 g/mol. The maximum Gasteiger partial charge on any atom is 0.408 e. The first kappa shape index (κ1) is 24.6. The summed E-state index contributed by atoms with van der Waals surface area (Å²) in [4.78, 5) is 40.7. The first-order valence-electron chi connectivity index (χ1n) is 11.0. The van der Waals surface area contributed by atoms with Gasteiger partial charge in [-0.3, -0.25) is 9.59 Å². The molecule has 0 aliphatic carbocycles. The highest BCUT2D eigenvalue weighted by Gasteiger charge is 2.45. The van der Waals surface area contributed by atoms with Crippen LogP contribution in [0.15, 0.2) is 60.7 Å². The van der Waals surface area contributed by atoms with Crippen LogP contribution >= 0.6 is 11.8 Å². The third kappa shape index (κ3) is 6.28. The van der Waals surface area contributed by atoms with Gasteiger partial charge in [0.2, 0.25) is 5.91 Å². The molecule has 8 heteroatoms. The van der Waals surface area contributed by atoms with Crippen LogP contribution in [0.2, 0.25) is 0 Å². The number of nitrogens with one attached hydrogen (secondary N) is 2. The quantitative estimate of drug-likeness (QED) is 0.645. The van der Waals surface area contributed by atoms with Crippen LogP contribution in [-0.2, 0) is 20.9 Å². The van der Waals surface area contributed by atoms with Crippen LogP contribution in [0.1, 0.15) is 32.3 Å². The predicted molar refractivity (Wildman–Crippen MR) is 131 cm³/mol. The molecule has 33 heavy (non-hydrogen) atoms. The van der Waals surface area contributed by atoms with Crippen molar-refractivity contribution in [1.82, 2.24) is 10.6 Å². The summed E-state index contributed by atoms with van der Waals surface area (Å²) in [6, 6.07) is 18.7. The van der Waals surface area contributed by atoms with E-state index < -0.39 is 23.1 Å². The summed E-state index contributed by atoms with van der Waals surface area (Å²) in [7, 11) is 1.72. The van der Waals surface area contributed by atoms with Gasteiger partial charge in [0.05, 0.1) is 0 Å². The number of carbonyl (C=O) groups is 3. The van der Waals surface area contributed by atoms with Crippen LogP contribution < -0.4 is 15.5 Å². The number of thioether (sulfide) groups is 1. The number of hydrogen-bond acceptors (Lipinski definition) is 5. The van der Waals surface area contributed by atoms with E-state index in [9.17, 15) is 14.4 Å². The summed E-state index contributed by atoms with van der Waals surface area (Å²) in [5.74, 6) is 0.939. The van der Waals surface area contributed by atoms with Crippen molar-refractivity contribution in [3.8, 4) is 0 Å². The van der Waals surface area contributed by atoms with Gasteiger partial charge in [0, 0.05) is 12.7 Å². The van der Waals surface area contributed by atoms with Crippen LogP contribution in [0, 0.1) is 0 Å². The zero-order valence-corrected chi connectivity index (χ0v) is 20.1. The summed E-state index contributed by atoms with van der Waals surface area (Å²) >= 11 is 1.76. The summed E-state index contributed by atoms with van der Waals surface area (Å²) in [6.07, 6.45) is 0.349. The summed E-state index contributed by atoms with van der Waals surface area (Å²) in [5, 5.41) is 5.62. The fourth-order valence-electron chi connectivity index (χ4n) is 3.65. The number of ether oxygens (including phenoxy) is 1. The molecule has 0 unspecified atom stereocenters. The Balaban J connectivity index is 1.68.